The van der Waals surface area contributed by atoms with Gasteiger partial charge in [-0.1, -0.05) is 0 Å². The third kappa shape index (κ3) is 4.32. The number of hydrogen-bond acceptors (Lipinski definition) is 3. The van der Waals surface area contributed by atoms with E-state index in [1.807, 2.05) is 5.32 Å². The maximum atomic E-state index is 13.2. The van der Waals surface area contributed by atoms with Crippen LogP contribution in [0.25, 0.3) is 0 Å². The van der Waals surface area contributed by atoms with Crippen molar-refractivity contribution in [2.24, 2.45) is 0 Å². The lowest BCUT2D eigenvalue weighted by atomic mass is 10.1. The molecule has 0 saturated carbocycles. The number of carboxylic acid groups (broad SMARTS) is 2. The topological polar surface area (TPSA) is 104 Å². The van der Waals surface area contributed by atoms with E-state index in [0.717, 1.165) is 6.07 Å². The molecule has 19 heavy (non-hydrogen) atoms. The number of carbonyl (C=O) groups is 3. The fourth-order valence-electron chi connectivity index (χ4n) is 1.25. The summed E-state index contributed by atoms with van der Waals surface area (Å²) in [7, 11) is 0. The molecule has 0 aromatic heterocycles. The fraction of sp³-hybridized carbons (Fsp3) is 0.182. The average molecular weight is 334 g/mol. The molecule has 0 radical (unpaired) electrons. The van der Waals surface area contributed by atoms with E-state index in [4.69, 9.17) is 10.2 Å². The van der Waals surface area contributed by atoms with Crippen molar-refractivity contribution in [3.63, 3.8) is 0 Å². The first-order valence-electron chi connectivity index (χ1n) is 5.01. The summed E-state index contributed by atoms with van der Waals surface area (Å²) in [6.45, 7) is 0. The van der Waals surface area contributed by atoms with Gasteiger partial charge in [-0.05, 0) is 34.1 Å². The molecule has 0 aliphatic rings. The van der Waals surface area contributed by atoms with E-state index in [0.29, 0.717) is 0 Å². The van der Waals surface area contributed by atoms with Gasteiger partial charge in [0, 0.05) is 5.56 Å². The molecule has 1 amide bonds. The SMILES string of the molecule is O=C(O)CC(NC(=O)c1ccc(Br)c(F)c1)C(=O)O. The van der Waals surface area contributed by atoms with Gasteiger partial charge in [-0.25, -0.2) is 9.18 Å². The Labute approximate surface area is 115 Å². The molecule has 0 saturated heterocycles. The summed E-state index contributed by atoms with van der Waals surface area (Å²) >= 11 is 2.91. The summed E-state index contributed by atoms with van der Waals surface area (Å²) in [6, 6.07) is 1.91. The molecule has 102 valence electrons. The van der Waals surface area contributed by atoms with Gasteiger partial charge in [0.15, 0.2) is 0 Å². The third-order valence-electron chi connectivity index (χ3n) is 2.16. The fourth-order valence-corrected chi connectivity index (χ4v) is 1.50. The van der Waals surface area contributed by atoms with E-state index >= 15 is 0 Å². The minimum absolute atomic E-state index is 0.0997. The molecule has 1 rings (SSSR count). The molecule has 6 nitrogen and oxygen atoms in total. The van der Waals surface area contributed by atoms with Gasteiger partial charge in [-0.3, -0.25) is 9.59 Å². The summed E-state index contributed by atoms with van der Waals surface area (Å²) in [5.41, 5.74) is -0.0997. The number of halogens is 2. The van der Waals surface area contributed by atoms with Gasteiger partial charge >= 0.3 is 11.9 Å². The van der Waals surface area contributed by atoms with Crippen molar-refractivity contribution in [1.29, 1.82) is 0 Å². The maximum absolute atomic E-state index is 13.2. The third-order valence-corrected chi connectivity index (χ3v) is 2.81. The molecular formula is C11H9BrFNO5. The van der Waals surface area contributed by atoms with Crippen molar-refractivity contribution in [3.05, 3.63) is 34.1 Å². The van der Waals surface area contributed by atoms with Gasteiger partial charge in [-0.2, -0.15) is 0 Å². The van der Waals surface area contributed by atoms with Crippen LogP contribution in [0, 0.1) is 5.82 Å². The van der Waals surface area contributed by atoms with Gasteiger partial charge in [0.05, 0.1) is 10.9 Å². The Morgan fingerprint density at radius 1 is 1.32 bits per heavy atom. The number of amides is 1. The molecule has 1 unspecified atom stereocenters. The Morgan fingerprint density at radius 2 is 1.95 bits per heavy atom. The van der Waals surface area contributed by atoms with E-state index in [2.05, 4.69) is 15.9 Å². The zero-order chi connectivity index (χ0) is 14.6. The Hall–Kier alpha value is -1.96. The van der Waals surface area contributed by atoms with E-state index in [1.165, 1.54) is 12.1 Å². The van der Waals surface area contributed by atoms with Gasteiger partial charge < -0.3 is 15.5 Å². The van der Waals surface area contributed by atoms with E-state index in [1.54, 1.807) is 0 Å². The lowest BCUT2D eigenvalue weighted by Gasteiger charge is -2.12. The quantitative estimate of drug-likeness (QED) is 0.752. The first kappa shape index (κ1) is 15.1. The lowest BCUT2D eigenvalue weighted by molar-refractivity contribution is -0.145. The first-order chi connectivity index (χ1) is 8.81. The highest BCUT2D eigenvalue weighted by Gasteiger charge is 2.23. The lowest BCUT2D eigenvalue weighted by Crippen LogP contribution is -2.42. The minimum atomic E-state index is -1.57. The second kappa shape index (κ2) is 6.28. The van der Waals surface area contributed by atoms with Crippen molar-refractivity contribution in [3.8, 4) is 0 Å². The van der Waals surface area contributed by atoms with E-state index < -0.39 is 36.1 Å². The Bertz CT molecular complexity index is 534. The standard InChI is InChI=1S/C11H9BrFNO5/c12-6-2-1-5(3-7(6)13)10(17)14-8(11(18)19)4-9(15)16/h1-3,8H,4H2,(H,14,17)(H,15,16)(H,18,19). The summed E-state index contributed by atoms with van der Waals surface area (Å²) in [5.74, 6) is -4.39. The van der Waals surface area contributed by atoms with Crippen molar-refractivity contribution < 1.29 is 29.0 Å². The number of carbonyl (C=O) groups excluding carboxylic acids is 1. The number of hydrogen-bond donors (Lipinski definition) is 3. The molecule has 3 N–H and O–H groups in total. The predicted octanol–water partition coefficient (Wildman–Crippen LogP) is 1.25. The summed E-state index contributed by atoms with van der Waals surface area (Å²) in [4.78, 5) is 32.9. The zero-order valence-electron chi connectivity index (χ0n) is 9.39. The number of nitrogens with one attached hydrogen (secondary N) is 1. The van der Waals surface area contributed by atoms with Crippen LogP contribution in [0.4, 0.5) is 4.39 Å². The predicted molar refractivity (Wildman–Crippen MR) is 65.2 cm³/mol. The Kier molecular flexibility index (Phi) is 4.99. The highest BCUT2D eigenvalue weighted by Crippen LogP contribution is 2.16. The summed E-state index contributed by atoms with van der Waals surface area (Å²) in [6.07, 6.45) is -0.764. The second-order valence-electron chi connectivity index (χ2n) is 3.59. The highest BCUT2D eigenvalue weighted by molar-refractivity contribution is 9.10. The first-order valence-corrected chi connectivity index (χ1v) is 5.81. The molecule has 1 atom stereocenters. The van der Waals surface area contributed by atoms with Crippen molar-refractivity contribution in [2.45, 2.75) is 12.5 Å². The minimum Gasteiger partial charge on any atom is -0.481 e. The molecule has 0 aliphatic carbocycles. The zero-order valence-corrected chi connectivity index (χ0v) is 11.0. The molecule has 0 bridgehead atoms. The average Bonchev–Trinajstić information content (AvgIpc) is 2.31. The van der Waals surface area contributed by atoms with Crippen molar-refractivity contribution >= 4 is 33.8 Å². The molecular weight excluding hydrogens is 325 g/mol. The van der Waals surface area contributed by atoms with Crippen LogP contribution in [-0.2, 0) is 9.59 Å². The van der Waals surface area contributed by atoms with E-state index in [9.17, 15) is 18.8 Å². The van der Waals surface area contributed by atoms with E-state index in [-0.39, 0.29) is 10.0 Å². The van der Waals surface area contributed by atoms with Crippen LogP contribution in [0.1, 0.15) is 16.8 Å². The molecule has 1 aromatic carbocycles. The monoisotopic (exact) mass is 333 g/mol. The molecule has 1 aromatic rings. The normalized spacial score (nSPS) is 11.7. The van der Waals surface area contributed by atoms with Crippen LogP contribution < -0.4 is 5.32 Å². The molecule has 0 heterocycles. The summed E-state index contributed by atoms with van der Waals surface area (Å²) in [5, 5.41) is 19.3. The van der Waals surface area contributed by atoms with Crippen molar-refractivity contribution in [2.75, 3.05) is 0 Å². The van der Waals surface area contributed by atoms with Gasteiger partial charge in [0.25, 0.3) is 5.91 Å². The largest absolute Gasteiger partial charge is 0.481 e. The number of benzene rings is 1. The van der Waals surface area contributed by atoms with Crippen LogP contribution >= 0.6 is 15.9 Å². The van der Waals surface area contributed by atoms with Gasteiger partial charge in [0.1, 0.15) is 11.9 Å². The van der Waals surface area contributed by atoms with Gasteiger partial charge in [0.2, 0.25) is 0 Å². The Morgan fingerprint density at radius 3 is 2.42 bits per heavy atom. The van der Waals surface area contributed by atoms with Crippen molar-refractivity contribution in [1.82, 2.24) is 5.32 Å². The van der Waals surface area contributed by atoms with Crippen LogP contribution in [0.15, 0.2) is 22.7 Å². The van der Waals surface area contributed by atoms with Crippen LogP contribution in [0.2, 0.25) is 0 Å². The van der Waals surface area contributed by atoms with Crippen LogP contribution in [0.3, 0.4) is 0 Å². The number of rotatable bonds is 5. The number of carboxylic acids is 2. The highest BCUT2D eigenvalue weighted by atomic mass is 79.9. The number of aliphatic carboxylic acids is 2. The molecule has 0 aliphatic heterocycles. The van der Waals surface area contributed by atoms with Gasteiger partial charge in [-0.15, -0.1) is 0 Å². The maximum Gasteiger partial charge on any atom is 0.326 e. The Balaban J connectivity index is 2.84. The van der Waals surface area contributed by atoms with Crippen LogP contribution in [-0.4, -0.2) is 34.1 Å². The summed E-state index contributed by atoms with van der Waals surface area (Å²) < 4.78 is 13.4. The molecule has 0 spiro atoms. The molecule has 0 fully saturated rings. The second-order valence-corrected chi connectivity index (χ2v) is 4.45. The smallest absolute Gasteiger partial charge is 0.326 e. The molecule has 8 heteroatoms. The van der Waals surface area contributed by atoms with Crippen LogP contribution in [0.5, 0.6) is 0 Å².